The summed E-state index contributed by atoms with van der Waals surface area (Å²) in [6.45, 7) is 4.90. The van der Waals surface area contributed by atoms with Gasteiger partial charge in [-0.25, -0.2) is 0 Å². The van der Waals surface area contributed by atoms with Gasteiger partial charge in [0.25, 0.3) is 0 Å². The molecule has 3 unspecified atom stereocenters. The summed E-state index contributed by atoms with van der Waals surface area (Å²) in [7, 11) is 2.82. The summed E-state index contributed by atoms with van der Waals surface area (Å²) in [5.74, 6) is 2.04. The Labute approximate surface area is 90.1 Å². The van der Waals surface area contributed by atoms with Crippen molar-refractivity contribution in [1.29, 1.82) is 0 Å². The van der Waals surface area contributed by atoms with Gasteiger partial charge in [-0.05, 0) is 13.0 Å². The molecular weight excluding hydrogens is 198 g/mol. The Morgan fingerprint density at radius 3 is 2.50 bits per heavy atom. The van der Waals surface area contributed by atoms with E-state index in [0.717, 1.165) is 12.2 Å². The van der Waals surface area contributed by atoms with Crippen LogP contribution < -0.4 is 5.32 Å². The first-order valence-corrected chi connectivity index (χ1v) is 6.64. The average Bonchev–Trinajstić information content (AvgIpc) is 2.16. The maximum absolute atomic E-state index is 11.7. The van der Waals surface area contributed by atoms with Crippen molar-refractivity contribution in [3.63, 3.8) is 0 Å². The lowest BCUT2D eigenvalue weighted by molar-refractivity contribution is 0.176. The Balaban J connectivity index is 3.78. The second-order valence-electron chi connectivity index (χ2n) is 3.73. The molecule has 0 aliphatic rings. The van der Waals surface area contributed by atoms with Crippen molar-refractivity contribution in [2.75, 3.05) is 32.3 Å². The average molecular weight is 221 g/mol. The normalized spacial score (nSPS) is 17.7. The molecule has 4 heteroatoms. The zero-order chi connectivity index (χ0) is 11.0. The van der Waals surface area contributed by atoms with Crippen molar-refractivity contribution < 1.29 is 8.95 Å². The molecule has 0 fully saturated rings. The maximum Gasteiger partial charge on any atom is 0.0624 e. The summed E-state index contributed by atoms with van der Waals surface area (Å²) in [6, 6.07) is 0.213. The highest BCUT2D eigenvalue weighted by Gasteiger charge is 2.12. The highest BCUT2D eigenvalue weighted by molar-refractivity contribution is 7.85. The lowest BCUT2D eigenvalue weighted by atomic mass is 10.2. The lowest BCUT2D eigenvalue weighted by Gasteiger charge is -2.15. The summed E-state index contributed by atoms with van der Waals surface area (Å²) < 4.78 is 16.7. The van der Waals surface area contributed by atoms with Gasteiger partial charge in [0.05, 0.1) is 6.61 Å². The molecule has 0 heterocycles. The Kier molecular flexibility index (Phi) is 8.43. The highest BCUT2D eigenvalue weighted by Crippen LogP contribution is 2.03. The number of hydrogen-bond acceptors (Lipinski definition) is 3. The molecular formula is C10H23NO2S. The van der Waals surface area contributed by atoms with Crippen LogP contribution in [-0.2, 0) is 15.5 Å². The molecule has 0 saturated heterocycles. The van der Waals surface area contributed by atoms with E-state index in [2.05, 4.69) is 19.2 Å². The first-order valence-electron chi connectivity index (χ1n) is 5.15. The van der Waals surface area contributed by atoms with Crippen molar-refractivity contribution in [2.24, 2.45) is 5.92 Å². The van der Waals surface area contributed by atoms with Crippen LogP contribution in [0.4, 0.5) is 0 Å². The molecule has 0 spiro atoms. The van der Waals surface area contributed by atoms with Crippen LogP contribution in [0.1, 0.15) is 20.3 Å². The number of rotatable bonds is 8. The van der Waals surface area contributed by atoms with Gasteiger partial charge in [0.15, 0.2) is 0 Å². The van der Waals surface area contributed by atoms with Crippen molar-refractivity contribution in [3.8, 4) is 0 Å². The summed E-state index contributed by atoms with van der Waals surface area (Å²) in [6.07, 6.45) is 1.10. The maximum atomic E-state index is 11.7. The molecule has 0 aromatic heterocycles. The zero-order valence-corrected chi connectivity index (χ0v) is 10.5. The Bertz CT molecular complexity index is 164. The van der Waals surface area contributed by atoms with Crippen LogP contribution in [0.3, 0.4) is 0 Å². The molecule has 0 amide bonds. The molecule has 0 bridgehead atoms. The van der Waals surface area contributed by atoms with Crippen molar-refractivity contribution in [2.45, 2.75) is 26.3 Å². The van der Waals surface area contributed by atoms with Crippen LogP contribution >= 0.6 is 0 Å². The first-order chi connectivity index (χ1) is 6.63. The molecule has 14 heavy (non-hydrogen) atoms. The van der Waals surface area contributed by atoms with Crippen LogP contribution in [0.25, 0.3) is 0 Å². The molecule has 3 atom stereocenters. The summed E-state index contributed by atoms with van der Waals surface area (Å²) in [5.41, 5.74) is 0. The smallest absolute Gasteiger partial charge is 0.0624 e. The summed E-state index contributed by atoms with van der Waals surface area (Å²) in [4.78, 5) is 0. The minimum Gasteiger partial charge on any atom is -0.383 e. The fourth-order valence-corrected chi connectivity index (χ4v) is 2.86. The predicted octanol–water partition coefficient (Wildman–Crippen LogP) is 1.02. The third kappa shape index (κ3) is 6.51. The third-order valence-corrected chi connectivity index (χ3v) is 4.05. The SMILES string of the molecule is CCC(C)CS(=O)CC(COC)NC. The molecule has 3 nitrogen and oxygen atoms in total. The van der Waals surface area contributed by atoms with E-state index in [1.807, 2.05) is 7.05 Å². The fourth-order valence-electron chi connectivity index (χ4n) is 1.14. The highest BCUT2D eigenvalue weighted by atomic mass is 32.2. The van der Waals surface area contributed by atoms with E-state index in [9.17, 15) is 4.21 Å². The quantitative estimate of drug-likeness (QED) is 0.665. The minimum atomic E-state index is -0.724. The number of likely N-dealkylation sites (N-methyl/N-ethyl adjacent to an activating group) is 1. The largest absolute Gasteiger partial charge is 0.383 e. The van der Waals surface area contributed by atoms with Crippen molar-refractivity contribution in [3.05, 3.63) is 0 Å². The molecule has 1 N–H and O–H groups in total. The van der Waals surface area contributed by atoms with Gasteiger partial charge in [-0.15, -0.1) is 0 Å². The van der Waals surface area contributed by atoms with Gasteiger partial charge in [-0.2, -0.15) is 0 Å². The number of ether oxygens (including phenoxy) is 1. The summed E-state index contributed by atoms with van der Waals surface area (Å²) in [5, 5.41) is 3.11. The van der Waals surface area contributed by atoms with Crippen molar-refractivity contribution >= 4 is 10.8 Å². The van der Waals surface area contributed by atoms with Crippen LogP contribution in [0.15, 0.2) is 0 Å². The number of nitrogens with one attached hydrogen (secondary N) is 1. The molecule has 0 aliphatic heterocycles. The van der Waals surface area contributed by atoms with Gasteiger partial charge in [0.2, 0.25) is 0 Å². The van der Waals surface area contributed by atoms with Gasteiger partial charge in [-0.3, -0.25) is 4.21 Å². The summed E-state index contributed by atoms with van der Waals surface area (Å²) >= 11 is 0. The number of methoxy groups -OCH3 is 1. The topological polar surface area (TPSA) is 38.3 Å². The number of hydrogen-bond donors (Lipinski definition) is 1. The van der Waals surface area contributed by atoms with Gasteiger partial charge in [0.1, 0.15) is 0 Å². The van der Waals surface area contributed by atoms with Crippen LogP contribution in [0.2, 0.25) is 0 Å². The van der Waals surface area contributed by atoms with Gasteiger partial charge in [-0.1, -0.05) is 20.3 Å². The minimum absolute atomic E-state index is 0.213. The molecule has 0 radical (unpaired) electrons. The van der Waals surface area contributed by atoms with Crippen LogP contribution in [0.5, 0.6) is 0 Å². The third-order valence-electron chi connectivity index (χ3n) is 2.33. The van der Waals surface area contributed by atoms with E-state index >= 15 is 0 Å². The lowest BCUT2D eigenvalue weighted by Crippen LogP contribution is -2.36. The van der Waals surface area contributed by atoms with E-state index in [0.29, 0.717) is 18.3 Å². The molecule has 0 aliphatic carbocycles. The first kappa shape index (κ1) is 14.1. The standard InChI is InChI=1S/C10H23NO2S/c1-5-9(2)7-14(12)8-10(11-3)6-13-4/h9-11H,5-8H2,1-4H3. The molecule has 0 rings (SSSR count). The van der Waals surface area contributed by atoms with E-state index < -0.39 is 10.8 Å². The molecule has 86 valence electrons. The predicted molar refractivity (Wildman–Crippen MR) is 62.1 cm³/mol. The second kappa shape index (κ2) is 8.38. The van der Waals surface area contributed by atoms with Gasteiger partial charge < -0.3 is 10.1 Å². The van der Waals surface area contributed by atoms with Crippen LogP contribution in [0, 0.1) is 5.92 Å². The van der Waals surface area contributed by atoms with E-state index in [1.54, 1.807) is 7.11 Å². The molecule has 0 saturated carbocycles. The van der Waals surface area contributed by atoms with Crippen molar-refractivity contribution in [1.82, 2.24) is 5.32 Å². The molecule has 0 aromatic carbocycles. The Morgan fingerprint density at radius 2 is 2.07 bits per heavy atom. The van der Waals surface area contributed by atoms with Gasteiger partial charge in [0, 0.05) is 35.5 Å². The van der Waals surface area contributed by atoms with Gasteiger partial charge >= 0.3 is 0 Å². The Hall–Kier alpha value is 0.0700. The fraction of sp³-hybridized carbons (Fsp3) is 1.00. The van der Waals surface area contributed by atoms with Crippen LogP contribution in [-0.4, -0.2) is 42.5 Å². The monoisotopic (exact) mass is 221 g/mol. The second-order valence-corrected chi connectivity index (χ2v) is 5.27. The van der Waals surface area contributed by atoms with E-state index in [-0.39, 0.29) is 6.04 Å². The molecule has 0 aromatic rings. The van der Waals surface area contributed by atoms with E-state index in [1.165, 1.54) is 0 Å². The Morgan fingerprint density at radius 1 is 1.43 bits per heavy atom. The zero-order valence-electron chi connectivity index (χ0n) is 9.71. The van der Waals surface area contributed by atoms with E-state index in [4.69, 9.17) is 4.74 Å².